The van der Waals surface area contributed by atoms with Crippen LogP contribution < -0.4 is 10.1 Å². The van der Waals surface area contributed by atoms with Crippen LogP contribution in [0.2, 0.25) is 0 Å². The van der Waals surface area contributed by atoms with Gasteiger partial charge in [-0.3, -0.25) is 0 Å². The van der Waals surface area contributed by atoms with Crippen LogP contribution in [0, 0.1) is 23.7 Å². The van der Waals surface area contributed by atoms with E-state index in [0.717, 1.165) is 35.5 Å². The number of ether oxygens (including phenoxy) is 1. The van der Waals surface area contributed by atoms with Crippen LogP contribution in [-0.4, -0.2) is 13.2 Å². The predicted octanol–water partition coefficient (Wildman–Crippen LogP) is 4.17. The van der Waals surface area contributed by atoms with E-state index in [1.54, 1.807) is 7.11 Å². The van der Waals surface area contributed by atoms with Crippen LogP contribution in [0.4, 0.5) is 0 Å². The lowest BCUT2D eigenvalue weighted by atomic mass is 9.79. The molecule has 0 aromatic heterocycles. The third-order valence-corrected chi connectivity index (χ3v) is 6.50. The zero-order chi connectivity index (χ0) is 14.4. The van der Waals surface area contributed by atoms with Gasteiger partial charge in [-0.15, -0.1) is 0 Å². The van der Waals surface area contributed by atoms with Crippen LogP contribution in [0.5, 0.6) is 5.75 Å². The van der Waals surface area contributed by atoms with Crippen molar-refractivity contribution in [2.45, 2.75) is 51.1 Å². The second-order valence-electron chi connectivity index (χ2n) is 7.39. The van der Waals surface area contributed by atoms with Crippen molar-refractivity contribution < 1.29 is 4.74 Å². The van der Waals surface area contributed by atoms with Gasteiger partial charge < -0.3 is 10.1 Å². The molecule has 3 fully saturated rings. The molecule has 6 atom stereocenters. The van der Waals surface area contributed by atoms with Gasteiger partial charge in [0.2, 0.25) is 0 Å². The van der Waals surface area contributed by atoms with Gasteiger partial charge in [0, 0.05) is 17.6 Å². The molecular formula is C19H27NO. The van der Waals surface area contributed by atoms with Crippen molar-refractivity contribution in [2.24, 2.45) is 23.7 Å². The molecule has 2 heteroatoms. The molecule has 4 rings (SSSR count). The second-order valence-corrected chi connectivity index (χ2v) is 7.39. The molecule has 1 aromatic carbocycles. The smallest absolute Gasteiger partial charge is 0.123 e. The summed E-state index contributed by atoms with van der Waals surface area (Å²) in [6.45, 7) is 2.29. The molecule has 0 radical (unpaired) electrons. The first-order valence-corrected chi connectivity index (χ1v) is 8.67. The Morgan fingerprint density at radius 1 is 1.10 bits per heavy atom. The van der Waals surface area contributed by atoms with Crippen molar-refractivity contribution in [1.82, 2.24) is 5.32 Å². The Bertz CT molecular complexity index is 514. The van der Waals surface area contributed by atoms with Gasteiger partial charge >= 0.3 is 0 Å². The SMILES string of the molecule is COc1ccccc1[C@@H](C)NC1CC2CC1C1CCCC21. The summed E-state index contributed by atoms with van der Waals surface area (Å²) in [4.78, 5) is 0. The van der Waals surface area contributed by atoms with Crippen molar-refractivity contribution in [3.8, 4) is 5.75 Å². The zero-order valence-corrected chi connectivity index (χ0v) is 13.2. The van der Waals surface area contributed by atoms with Crippen LogP contribution in [0.15, 0.2) is 24.3 Å². The number of fused-ring (bicyclic) bond motifs is 5. The van der Waals surface area contributed by atoms with E-state index in [0.29, 0.717) is 6.04 Å². The average Bonchev–Trinajstić information content (AvgIpc) is 3.19. The lowest BCUT2D eigenvalue weighted by molar-refractivity contribution is 0.199. The molecule has 0 saturated heterocycles. The van der Waals surface area contributed by atoms with Gasteiger partial charge in [-0.05, 0) is 62.3 Å². The summed E-state index contributed by atoms with van der Waals surface area (Å²) in [5.41, 5.74) is 1.30. The number of benzene rings is 1. The number of hydrogen-bond donors (Lipinski definition) is 1. The molecule has 0 heterocycles. The fourth-order valence-electron chi connectivity index (χ4n) is 5.69. The third kappa shape index (κ3) is 2.19. The van der Waals surface area contributed by atoms with Crippen LogP contribution in [0.3, 0.4) is 0 Å². The van der Waals surface area contributed by atoms with Crippen LogP contribution >= 0.6 is 0 Å². The van der Waals surface area contributed by atoms with Crippen molar-refractivity contribution >= 4 is 0 Å². The Kier molecular flexibility index (Phi) is 3.45. The quantitative estimate of drug-likeness (QED) is 0.896. The molecule has 21 heavy (non-hydrogen) atoms. The van der Waals surface area contributed by atoms with E-state index < -0.39 is 0 Å². The van der Waals surface area contributed by atoms with Crippen LogP contribution in [0.25, 0.3) is 0 Å². The fourth-order valence-corrected chi connectivity index (χ4v) is 5.69. The summed E-state index contributed by atoms with van der Waals surface area (Å²) < 4.78 is 5.52. The average molecular weight is 285 g/mol. The molecule has 5 unspecified atom stereocenters. The molecule has 0 spiro atoms. The van der Waals surface area contributed by atoms with Crippen LogP contribution in [0.1, 0.15) is 50.6 Å². The minimum atomic E-state index is 0.380. The van der Waals surface area contributed by atoms with E-state index in [2.05, 4.69) is 36.5 Å². The summed E-state index contributed by atoms with van der Waals surface area (Å²) in [5.74, 6) is 5.09. The number of rotatable bonds is 4. The molecule has 0 aliphatic heterocycles. The molecule has 2 bridgehead atoms. The largest absolute Gasteiger partial charge is 0.496 e. The molecule has 114 valence electrons. The minimum absolute atomic E-state index is 0.380. The standard InChI is InChI=1S/C19H27NO/c1-12(14-6-3-4-9-19(14)21-2)20-18-11-13-10-17(18)16-8-5-7-15(13)16/h3-4,6,9,12-13,15-18,20H,5,7-8,10-11H2,1-2H3/t12-,13?,15?,16?,17?,18?/m1/s1. The zero-order valence-electron chi connectivity index (χ0n) is 13.2. The Labute approximate surface area is 128 Å². The molecule has 3 aliphatic rings. The number of nitrogens with one attached hydrogen (secondary N) is 1. The van der Waals surface area contributed by atoms with Gasteiger partial charge in [0.1, 0.15) is 5.75 Å². The van der Waals surface area contributed by atoms with Gasteiger partial charge in [-0.2, -0.15) is 0 Å². The van der Waals surface area contributed by atoms with E-state index in [1.165, 1.54) is 37.7 Å². The minimum Gasteiger partial charge on any atom is -0.496 e. The number of methoxy groups -OCH3 is 1. The maximum atomic E-state index is 5.52. The predicted molar refractivity (Wildman–Crippen MR) is 85.4 cm³/mol. The van der Waals surface area contributed by atoms with Gasteiger partial charge in [0.25, 0.3) is 0 Å². The van der Waals surface area contributed by atoms with E-state index in [-0.39, 0.29) is 0 Å². The van der Waals surface area contributed by atoms with Crippen molar-refractivity contribution in [3.05, 3.63) is 29.8 Å². The highest BCUT2D eigenvalue weighted by Crippen LogP contribution is 2.58. The lowest BCUT2D eigenvalue weighted by Crippen LogP contribution is -2.40. The van der Waals surface area contributed by atoms with Gasteiger partial charge in [-0.1, -0.05) is 24.6 Å². The highest BCUT2D eigenvalue weighted by Gasteiger charge is 2.53. The van der Waals surface area contributed by atoms with Gasteiger partial charge in [0.05, 0.1) is 7.11 Å². The Morgan fingerprint density at radius 3 is 2.76 bits per heavy atom. The number of hydrogen-bond acceptors (Lipinski definition) is 2. The molecule has 1 aromatic rings. The summed E-state index contributed by atoms with van der Waals surface area (Å²) in [7, 11) is 1.77. The highest BCUT2D eigenvalue weighted by molar-refractivity contribution is 5.35. The molecule has 0 amide bonds. The molecule has 2 nitrogen and oxygen atoms in total. The summed E-state index contributed by atoms with van der Waals surface area (Å²) in [5, 5.41) is 3.93. The molecular weight excluding hydrogens is 258 g/mol. The van der Waals surface area contributed by atoms with E-state index in [4.69, 9.17) is 4.74 Å². The second kappa shape index (κ2) is 5.31. The van der Waals surface area contributed by atoms with Crippen LogP contribution in [-0.2, 0) is 0 Å². The fraction of sp³-hybridized carbons (Fsp3) is 0.684. The topological polar surface area (TPSA) is 21.3 Å². The monoisotopic (exact) mass is 285 g/mol. The summed E-state index contributed by atoms with van der Waals surface area (Å²) in [6.07, 6.45) is 7.39. The van der Waals surface area contributed by atoms with Gasteiger partial charge in [0.15, 0.2) is 0 Å². The van der Waals surface area contributed by atoms with Crippen molar-refractivity contribution in [2.75, 3.05) is 7.11 Å². The number of para-hydroxylation sites is 1. The van der Waals surface area contributed by atoms with Crippen molar-refractivity contribution in [3.63, 3.8) is 0 Å². The van der Waals surface area contributed by atoms with Gasteiger partial charge in [-0.25, -0.2) is 0 Å². The first-order chi connectivity index (χ1) is 10.3. The molecule has 3 aliphatic carbocycles. The maximum Gasteiger partial charge on any atom is 0.123 e. The first-order valence-electron chi connectivity index (χ1n) is 8.67. The molecule has 1 N–H and O–H groups in total. The molecule has 3 saturated carbocycles. The third-order valence-electron chi connectivity index (χ3n) is 6.50. The lowest BCUT2D eigenvalue weighted by Gasteiger charge is -2.34. The normalized spacial score (nSPS) is 38.5. The summed E-state index contributed by atoms with van der Waals surface area (Å²) >= 11 is 0. The Morgan fingerprint density at radius 2 is 1.90 bits per heavy atom. The highest BCUT2D eigenvalue weighted by atomic mass is 16.5. The Hall–Kier alpha value is -1.02. The first kappa shape index (κ1) is 13.6. The Balaban J connectivity index is 1.47. The van der Waals surface area contributed by atoms with E-state index >= 15 is 0 Å². The van der Waals surface area contributed by atoms with E-state index in [1.807, 2.05) is 0 Å². The maximum absolute atomic E-state index is 5.52. The van der Waals surface area contributed by atoms with E-state index in [9.17, 15) is 0 Å². The van der Waals surface area contributed by atoms with Crippen molar-refractivity contribution in [1.29, 1.82) is 0 Å². The summed E-state index contributed by atoms with van der Waals surface area (Å²) in [6, 6.07) is 9.54.